The van der Waals surface area contributed by atoms with E-state index >= 15 is 0 Å². The molecular formula is C15H21NO3. The molecule has 19 heavy (non-hydrogen) atoms. The molecule has 0 bridgehead atoms. The van der Waals surface area contributed by atoms with Crippen molar-refractivity contribution >= 4 is 11.9 Å². The Morgan fingerprint density at radius 1 is 1.26 bits per heavy atom. The highest BCUT2D eigenvalue weighted by Gasteiger charge is 2.26. The van der Waals surface area contributed by atoms with E-state index in [1.165, 1.54) is 7.11 Å². The van der Waals surface area contributed by atoms with Gasteiger partial charge in [-0.15, -0.1) is 0 Å². The highest BCUT2D eigenvalue weighted by Crippen LogP contribution is 2.10. The van der Waals surface area contributed by atoms with E-state index in [0.29, 0.717) is 0 Å². The number of nitrogens with one attached hydrogen (secondary N) is 1. The lowest BCUT2D eigenvalue weighted by molar-refractivity contribution is -0.146. The number of methoxy groups -OCH3 is 1. The van der Waals surface area contributed by atoms with Crippen molar-refractivity contribution in [3.05, 3.63) is 35.9 Å². The quantitative estimate of drug-likeness (QED) is 0.798. The predicted octanol–water partition coefficient (Wildman–Crippen LogP) is 1.93. The van der Waals surface area contributed by atoms with Crippen molar-refractivity contribution in [2.24, 2.45) is 5.92 Å². The maximum Gasteiger partial charge on any atom is 0.328 e. The van der Waals surface area contributed by atoms with Gasteiger partial charge in [0.25, 0.3) is 0 Å². The third kappa shape index (κ3) is 4.73. The van der Waals surface area contributed by atoms with Crippen LogP contribution in [-0.4, -0.2) is 25.0 Å². The van der Waals surface area contributed by atoms with Gasteiger partial charge in [-0.05, 0) is 11.5 Å². The Kier molecular flexibility index (Phi) is 6.06. The Hall–Kier alpha value is -1.84. The number of esters is 1. The summed E-state index contributed by atoms with van der Waals surface area (Å²) in [4.78, 5) is 23.6. The third-order valence-corrected chi connectivity index (χ3v) is 3.19. The minimum absolute atomic E-state index is 0.0483. The molecule has 1 aromatic carbocycles. The second-order valence-corrected chi connectivity index (χ2v) is 4.62. The molecule has 0 fully saturated rings. The second kappa shape index (κ2) is 7.56. The van der Waals surface area contributed by atoms with Crippen molar-refractivity contribution in [1.29, 1.82) is 0 Å². The maximum atomic E-state index is 11.9. The first kappa shape index (κ1) is 15.2. The van der Waals surface area contributed by atoms with Crippen LogP contribution in [0.5, 0.6) is 0 Å². The summed E-state index contributed by atoms with van der Waals surface area (Å²) in [6.45, 7) is 3.90. The van der Waals surface area contributed by atoms with Crippen LogP contribution < -0.4 is 5.32 Å². The number of benzene rings is 1. The van der Waals surface area contributed by atoms with Gasteiger partial charge in [-0.25, -0.2) is 4.79 Å². The number of ether oxygens (including phenoxy) is 1. The molecule has 104 valence electrons. The van der Waals surface area contributed by atoms with E-state index in [2.05, 4.69) is 5.32 Å². The van der Waals surface area contributed by atoms with Crippen LogP contribution in [0.2, 0.25) is 0 Å². The number of carbonyl (C=O) groups excluding carboxylic acids is 2. The maximum absolute atomic E-state index is 11.9. The molecule has 2 atom stereocenters. The number of amides is 1. The van der Waals surface area contributed by atoms with Gasteiger partial charge in [0.1, 0.15) is 6.04 Å². The van der Waals surface area contributed by atoms with Crippen molar-refractivity contribution in [2.45, 2.75) is 32.7 Å². The van der Waals surface area contributed by atoms with Crippen LogP contribution in [0, 0.1) is 5.92 Å². The molecule has 0 heterocycles. The zero-order valence-corrected chi connectivity index (χ0v) is 11.7. The fourth-order valence-electron chi connectivity index (χ4n) is 1.80. The van der Waals surface area contributed by atoms with Crippen molar-refractivity contribution < 1.29 is 14.3 Å². The van der Waals surface area contributed by atoms with Gasteiger partial charge in [0.2, 0.25) is 5.91 Å². The molecule has 1 rings (SSSR count). The van der Waals surface area contributed by atoms with Crippen LogP contribution in [0.25, 0.3) is 0 Å². The molecule has 0 aliphatic heterocycles. The zero-order valence-electron chi connectivity index (χ0n) is 11.7. The number of carbonyl (C=O) groups is 2. The molecule has 0 aliphatic carbocycles. The molecule has 0 saturated carbocycles. The molecule has 0 saturated heterocycles. The molecule has 1 N–H and O–H groups in total. The normalized spacial score (nSPS) is 13.4. The minimum atomic E-state index is -0.578. The van der Waals surface area contributed by atoms with Crippen molar-refractivity contribution in [3.8, 4) is 0 Å². The molecule has 0 aromatic heterocycles. The van der Waals surface area contributed by atoms with Gasteiger partial charge in [-0.1, -0.05) is 50.6 Å². The smallest absolute Gasteiger partial charge is 0.328 e. The molecule has 0 spiro atoms. The highest BCUT2D eigenvalue weighted by atomic mass is 16.5. The lowest BCUT2D eigenvalue weighted by Crippen LogP contribution is -2.46. The van der Waals surface area contributed by atoms with E-state index < -0.39 is 12.0 Å². The van der Waals surface area contributed by atoms with Gasteiger partial charge in [-0.3, -0.25) is 4.79 Å². The van der Waals surface area contributed by atoms with Crippen LogP contribution >= 0.6 is 0 Å². The topological polar surface area (TPSA) is 55.4 Å². The van der Waals surface area contributed by atoms with Gasteiger partial charge in [-0.2, -0.15) is 0 Å². The monoisotopic (exact) mass is 263 g/mol. The predicted molar refractivity (Wildman–Crippen MR) is 73.5 cm³/mol. The van der Waals surface area contributed by atoms with Gasteiger partial charge in [0.05, 0.1) is 13.5 Å². The lowest BCUT2D eigenvalue weighted by Gasteiger charge is -2.21. The Balaban J connectivity index is 2.64. The van der Waals surface area contributed by atoms with E-state index in [-0.39, 0.29) is 18.2 Å². The Labute approximate surface area is 114 Å². The van der Waals surface area contributed by atoms with Crippen molar-refractivity contribution in [2.75, 3.05) is 7.11 Å². The standard InChI is InChI=1S/C15H21NO3/c1-4-11(2)14(15(18)19-3)16-13(17)10-12-8-6-5-7-9-12/h5-9,11,14H,4,10H2,1-3H3,(H,16,17)/t11-,14+/m0/s1. The first-order valence-corrected chi connectivity index (χ1v) is 6.49. The Morgan fingerprint density at radius 2 is 1.89 bits per heavy atom. The summed E-state index contributed by atoms with van der Waals surface area (Å²) >= 11 is 0. The zero-order chi connectivity index (χ0) is 14.3. The minimum Gasteiger partial charge on any atom is -0.467 e. The second-order valence-electron chi connectivity index (χ2n) is 4.62. The van der Waals surface area contributed by atoms with Gasteiger partial charge < -0.3 is 10.1 Å². The van der Waals surface area contributed by atoms with Gasteiger partial charge >= 0.3 is 5.97 Å². The molecule has 4 nitrogen and oxygen atoms in total. The van der Waals surface area contributed by atoms with E-state index in [4.69, 9.17) is 4.74 Å². The molecule has 0 unspecified atom stereocenters. The van der Waals surface area contributed by atoms with Crippen LogP contribution in [0.4, 0.5) is 0 Å². The van der Waals surface area contributed by atoms with E-state index in [0.717, 1.165) is 12.0 Å². The summed E-state index contributed by atoms with van der Waals surface area (Å²) < 4.78 is 4.73. The molecule has 1 amide bonds. The van der Waals surface area contributed by atoms with Gasteiger partial charge in [0.15, 0.2) is 0 Å². The van der Waals surface area contributed by atoms with Crippen molar-refractivity contribution in [3.63, 3.8) is 0 Å². The van der Waals surface area contributed by atoms with E-state index in [1.807, 2.05) is 44.2 Å². The van der Waals surface area contributed by atoms with Crippen LogP contribution in [0.3, 0.4) is 0 Å². The molecule has 0 aliphatic rings. The first-order chi connectivity index (χ1) is 9.08. The van der Waals surface area contributed by atoms with E-state index in [1.54, 1.807) is 0 Å². The summed E-state index contributed by atoms with van der Waals surface area (Å²) in [5.41, 5.74) is 0.924. The lowest BCUT2D eigenvalue weighted by atomic mass is 9.99. The van der Waals surface area contributed by atoms with E-state index in [9.17, 15) is 9.59 Å². The highest BCUT2D eigenvalue weighted by molar-refractivity contribution is 5.85. The van der Waals surface area contributed by atoms with Gasteiger partial charge in [0, 0.05) is 0 Å². The third-order valence-electron chi connectivity index (χ3n) is 3.19. The Morgan fingerprint density at radius 3 is 2.42 bits per heavy atom. The summed E-state index contributed by atoms with van der Waals surface area (Å²) in [6, 6.07) is 8.86. The summed E-state index contributed by atoms with van der Waals surface area (Å²) in [5.74, 6) is -0.509. The average Bonchev–Trinajstić information content (AvgIpc) is 2.44. The molecule has 0 radical (unpaired) electrons. The van der Waals surface area contributed by atoms with Crippen LogP contribution in [0.1, 0.15) is 25.8 Å². The summed E-state index contributed by atoms with van der Waals surface area (Å²) in [5, 5.41) is 2.75. The largest absolute Gasteiger partial charge is 0.467 e. The summed E-state index contributed by atoms with van der Waals surface area (Å²) in [7, 11) is 1.33. The Bertz CT molecular complexity index is 417. The van der Waals surface area contributed by atoms with Crippen LogP contribution in [-0.2, 0) is 20.7 Å². The van der Waals surface area contributed by atoms with Crippen molar-refractivity contribution in [1.82, 2.24) is 5.32 Å². The molecule has 1 aromatic rings. The fraction of sp³-hybridized carbons (Fsp3) is 0.467. The van der Waals surface area contributed by atoms with Crippen LogP contribution in [0.15, 0.2) is 30.3 Å². The summed E-state index contributed by atoms with van der Waals surface area (Å²) in [6.07, 6.45) is 1.07. The SMILES string of the molecule is CC[C@H](C)[C@@H](NC(=O)Cc1ccccc1)C(=O)OC. The number of rotatable bonds is 6. The molecular weight excluding hydrogens is 242 g/mol. The first-order valence-electron chi connectivity index (χ1n) is 6.49. The average molecular weight is 263 g/mol. The number of hydrogen-bond donors (Lipinski definition) is 1. The fourth-order valence-corrected chi connectivity index (χ4v) is 1.80. The molecule has 4 heteroatoms. The number of hydrogen-bond acceptors (Lipinski definition) is 3.